The van der Waals surface area contributed by atoms with Gasteiger partial charge in [0.2, 0.25) is 11.6 Å². The van der Waals surface area contributed by atoms with Crippen LogP contribution in [-0.4, -0.2) is 43.2 Å². The van der Waals surface area contributed by atoms with Gasteiger partial charge in [-0.1, -0.05) is 60.7 Å². The Morgan fingerprint density at radius 1 is 0.500 bits per heavy atom. The van der Waals surface area contributed by atoms with Gasteiger partial charge in [0.05, 0.1) is 22.5 Å². The zero-order valence-electron chi connectivity index (χ0n) is 20.8. The normalized spacial score (nSPS) is 13.6. The molecule has 0 radical (unpaired) electrons. The van der Waals surface area contributed by atoms with E-state index in [4.69, 9.17) is 0 Å². The van der Waals surface area contributed by atoms with Gasteiger partial charge < -0.3 is 20.2 Å². The molecule has 4 N–H and O–H groups in total. The predicted molar refractivity (Wildman–Crippen MR) is 154 cm³/mol. The number of hydrogen-bond acceptors (Lipinski definition) is 6. The van der Waals surface area contributed by atoms with E-state index >= 15 is 0 Å². The van der Waals surface area contributed by atoms with Gasteiger partial charge in [-0.15, -0.1) is 0 Å². The SMILES string of the molecule is O=C1C(c2c(O)[nH]c3ccccc23)=Nc2ccccc21.O=C1C(c2c(O)[nH]c3ccccc23)=Nc2ccccc21. The van der Waals surface area contributed by atoms with Crippen LogP contribution >= 0.6 is 0 Å². The number of para-hydroxylation sites is 4. The van der Waals surface area contributed by atoms with Crippen LogP contribution in [0.5, 0.6) is 11.8 Å². The average Bonchev–Trinajstić information content (AvgIpc) is 3.69. The van der Waals surface area contributed by atoms with Crippen molar-refractivity contribution in [2.75, 3.05) is 0 Å². The maximum Gasteiger partial charge on any atom is 0.214 e. The molecule has 0 amide bonds. The van der Waals surface area contributed by atoms with Gasteiger partial charge in [-0.05, 0) is 36.4 Å². The first kappa shape index (κ1) is 23.4. The molecule has 0 aliphatic carbocycles. The number of hydrogen-bond donors (Lipinski definition) is 4. The molecule has 2 aliphatic rings. The molecule has 0 saturated carbocycles. The molecule has 192 valence electrons. The number of aromatic nitrogens is 2. The molecule has 0 fully saturated rings. The van der Waals surface area contributed by atoms with Crippen LogP contribution in [0.2, 0.25) is 0 Å². The maximum absolute atomic E-state index is 12.4. The van der Waals surface area contributed by atoms with Gasteiger partial charge in [0, 0.05) is 32.9 Å². The minimum absolute atomic E-state index is 0.0221. The fourth-order valence-electron chi connectivity index (χ4n) is 5.20. The average molecular weight is 525 g/mol. The highest BCUT2D eigenvalue weighted by molar-refractivity contribution is 6.57. The van der Waals surface area contributed by atoms with E-state index in [1.54, 1.807) is 24.3 Å². The first-order chi connectivity index (χ1) is 19.5. The first-order valence-corrected chi connectivity index (χ1v) is 12.6. The minimum atomic E-state index is -0.152. The molecule has 0 unspecified atom stereocenters. The van der Waals surface area contributed by atoms with E-state index in [2.05, 4.69) is 20.0 Å². The van der Waals surface area contributed by atoms with Crippen molar-refractivity contribution in [1.29, 1.82) is 0 Å². The van der Waals surface area contributed by atoms with Gasteiger partial charge in [0.15, 0.2) is 11.8 Å². The van der Waals surface area contributed by atoms with Crippen LogP contribution in [0.3, 0.4) is 0 Å². The number of nitrogens with one attached hydrogen (secondary N) is 2. The summed E-state index contributed by atoms with van der Waals surface area (Å²) in [4.78, 5) is 39.4. The Bertz CT molecular complexity index is 1930. The summed E-state index contributed by atoms with van der Waals surface area (Å²) < 4.78 is 0. The van der Waals surface area contributed by atoms with Crippen molar-refractivity contribution in [2.45, 2.75) is 0 Å². The molecule has 4 heterocycles. The van der Waals surface area contributed by atoms with E-state index in [0.717, 1.165) is 21.8 Å². The number of nitrogens with zero attached hydrogens (tertiary/aromatic N) is 2. The fourth-order valence-corrected chi connectivity index (χ4v) is 5.20. The Balaban J connectivity index is 0.000000132. The third-order valence-electron chi connectivity index (χ3n) is 7.04. The summed E-state index contributed by atoms with van der Waals surface area (Å²) in [6, 6.07) is 29.3. The summed E-state index contributed by atoms with van der Waals surface area (Å²) in [5.74, 6) is -0.349. The quantitative estimate of drug-likeness (QED) is 0.209. The number of Topliss-reactive ketones (excluding diaryl/α,β-unsaturated/α-hetero) is 2. The summed E-state index contributed by atoms with van der Waals surface area (Å²) in [5.41, 5.74) is 5.55. The summed E-state index contributed by atoms with van der Waals surface area (Å²) in [6.45, 7) is 0. The van der Waals surface area contributed by atoms with Gasteiger partial charge in [0.1, 0.15) is 11.4 Å². The molecule has 2 aromatic heterocycles. The van der Waals surface area contributed by atoms with Crippen molar-refractivity contribution < 1.29 is 19.8 Å². The summed E-state index contributed by atoms with van der Waals surface area (Å²) in [6.07, 6.45) is 0. The number of aromatic hydroxyl groups is 2. The smallest absolute Gasteiger partial charge is 0.214 e. The van der Waals surface area contributed by atoms with E-state index in [0.29, 0.717) is 45.1 Å². The second kappa shape index (κ2) is 8.92. The number of fused-ring (bicyclic) bond motifs is 4. The highest BCUT2D eigenvalue weighted by Crippen LogP contribution is 2.36. The van der Waals surface area contributed by atoms with Crippen LogP contribution in [-0.2, 0) is 0 Å². The third kappa shape index (κ3) is 3.54. The van der Waals surface area contributed by atoms with Crippen molar-refractivity contribution in [1.82, 2.24) is 9.97 Å². The number of carbonyl (C=O) groups excluding carboxylic acids is 2. The van der Waals surface area contributed by atoms with Crippen molar-refractivity contribution in [3.05, 3.63) is 119 Å². The third-order valence-corrected chi connectivity index (χ3v) is 7.04. The van der Waals surface area contributed by atoms with E-state index in [1.807, 2.05) is 72.8 Å². The van der Waals surface area contributed by atoms with Crippen molar-refractivity contribution in [3.8, 4) is 11.8 Å². The van der Waals surface area contributed by atoms with Gasteiger partial charge in [-0.25, -0.2) is 9.98 Å². The Morgan fingerprint density at radius 3 is 1.30 bits per heavy atom. The summed E-state index contributed by atoms with van der Waals surface area (Å²) >= 11 is 0. The monoisotopic (exact) mass is 524 g/mol. The van der Waals surface area contributed by atoms with E-state index in [1.165, 1.54) is 0 Å². The molecule has 0 spiro atoms. The van der Waals surface area contributed by atoms with E-state index < -0.39 is 0 Å². The molecule has 8 rings (SSSR count). The van der Waals surface area contributed by atoms with Gasteiger partial charge in [-0.3, -0.25) is 9.59 Å². The van der Waals surface area contributed by atoms with Crippen LogP contribution in [0.4, 0.5) is 11.4 Å². The lowest BCUT2D eigenvalue weighted by Gasteiger charge is -1.98. The Kier molecular flexibility index (Phi) is 5.21. The number of ketones is 2. The molecule has 4 aromatic carbocycles. The van der Waals surface area contributed by atoms with Crippen LogP contribution in [0.25, 0.3) is 21.8 Å². The van der Waals surface area contributed by atoms with Gasteiger partial charge in [-0.2, -0.15) is 0 Å². The molecule has 0 saturated heterocycles. The van der Waals surface area contributed by atoms with Crippen molar-refractivity contribution in [2.24, 2.45) is 9.98 Å². The highest BCUT2D eigenvalue weighted by atomic mass is 16.3. The number of H-pyrrole nitrogens is 2. The second-order valence-electron chi connectivity index (χ2n) is 9.40. The van der Waals surface area contributed by atoms with Crippen LogP contribution in [0.1, 0.15) is 31.8 Å². The standard InChI is InChI=1S/2C16H10N2O2/c2*19-15-10-6-2-4-8-12(10)17-14(15)13-9-5-1-3-7-11(9)18-16(13)20/h2*1-8,18,20H. The maximum atomic E-state index is 12.4. The van der Waals surface area contributed by atoms with Crippen molar-refractivity contribution >= 4 is 56.2 Å². The summed E-state index contributed by atoms with van der Waals surface area (Å²) in [7, 11) is 0. The second-order valence-corrected chi connectivity index (χ2v) is 9.40. The number of benzene rings is 4. The Morgan fingerprint density at radius 2 is 0.875 bits per heavy atom. The highest BCUT2D eigenvalue weighted by Gasteiger charge is 2.30. The molecular formula is C32H20N4O4. The van der Waals surface area contributed by atoms with Crippen LogP contribution < -0.4 is 0 Å². The number of rotatable bonds is 2. The van der Waals surface area contributed by atoms with Gasteiger partial charge in [0.25, 0.3) is 0 Å². The zero-order valence-corrected chi connectivity index (χ0v) is 20.8. The molecule has 2 aliphatic heterocycles. The number of carbonyl (C=O) groups is 2. The molecule has 8 heteroatoms. The fraction of sp³-hybridized carbons (Fsp3) is 0. The topological polar surface area (TPSA) is 131 Å². The molecular weight excluding hydrogens is 504 g/mol. The molecule has 8 nitrogen and oxygen atoms in total. The van der Waals surface area contributed by atoms with Gasteiger partial charge >= 0.3 is 0 Å². The summed E-state index contributed by atoms with van der Waals surface area (Å²) in [5, 5.41) is 21.8. The lowest BCUT2D eigenvalue weighted by molar-refractivity contribution is 0.106. The first-order valence-electron chi connectivity index (χ1n) is 12.6. The van der Waals surface area contributed by atoms with E-state index in [9.17, 15) is 19.8 Å². The number of aromatic amines is 2. The molecule has 6 aromatic rings. The predicted octanol–water partition coefficient (Wildman–Crippen LogP) is 6.38. The lowest BCUT2D eigenvalue weighted by Crippen LogP contribution is -2.10. The van der Waals surface area contributed by atoms with Crippen molar-refractivity contribution in [3.63, 3.8) is 0 Å². The Hall–Kier alpha value is -5.76. The zero-order chi connectivity index (χ0) is 27.4. The molecule has 0 atom stereocenters. The molecule has 0 bridgehead atoms. The van der Waals surface area contributed by atoms with Crippen LogP contribution in [0.15, 0.2) is 107 Å². The van der Waals surface area contributed by atoms with Crippen LogP contribution in [0, 0.1) is 0 Å². The number of aliphatic imine (C=N–C) groups is 2. The minimum Gasteiger partial charge on any atom is -0.494 e. The van der Waals surface area contributed by atoms with E-state index in [-0.39, 0.29) is 23.3 Å². The Labute approximate surface area is 227 Å². The molecule has 40 heavy (non-hydrogen) atoms. The lowest BCUT2D eigenvalue weighted by atomic mass is 10.0. The largest absolute Gasteiger partial charge is 0.494 e.